The summed E-state index contributed by atoms with van der Waals surface area (Å²) in [5.74, 6) is -0.377. The van der Waals surface area contributed by atoms with E-state index in [1.54, 1.807) is 24.3 Å². The van der Waals surface area contributed by atoms with Crippen LogP contribution in [0.1, 0.15) is 0 Å². The monoisotopic (exact) mass is 352 g/mol. The van der Waals surface area contributed by atoms with E-state index in [-0.39, 0.29) is 11.5 Å². The maximum absolute atomic E-state index is 12.8. The lowest BCUT2D eigenvalue weighted by Crippen LogP contribution is -2.50. The zero-order valence-electron chi connectivity index (χ0n) is 12.2. The Hall–Kier alpha value is -2.65. The minimum Gasteiger partial charge on any atom is -0.485 e. The van der Waals surface area contributed by atoms with E-state index in [1.807, 2.05) is 4.83 Å². The highest BCUT2D eigenvalue weighted by Gasteiger charge is 2.28. The van der Waals surface area contributed by atoms with Gasteiger partial charge in [-0.3, -0.25) is 10.2 Å². The average Bonchev–Trinajstić information content (AvgIpc) is 2.59. The topological polar surface area (TPSA) is 93.7 Å². The molecule has 126 valence electrons. The fraction of sp³-hybridized carbons (Fsp3) is 0.133. The lowest BCUT2D eigenvalue weighted by molar-refractivity contribution is -0.130. The fourth-order valence-electron chi connectivity index (χ4n) is 2.02. The molecule has 0 saturated heterocycles. The Morgan fingerprint density at radius 3 is 2.46 bits per heavy atom. The lowest BCUT2D eigenvalue weighted by Gasteiger charge is -2.25. The quantitative estimate of drug-likeness (QED) is 0.800. The molecular weight excluding hydrogens is 339 g/mol. The van der Waals surface area contributed by atoms with Gasteiger partial charge in [0.2, 0.25) is 6.10 Å². The molecule has 0 fully saturated rings. The van der Waals surface area contributed by atoms with Gasteiger partial charge in [-0.1, -0.05) is 12.1 Å². The first-order valence-corrected chi connectivity index (χ1v) is 8.40. The van der Waals surface area contributed by atoms with Gasteiger partial charge in [-0.2, -0.15) is 0 Å². The van der Waals surface area contributed by atoms with Crippen molar-refractivity contribution >= 4 is 15.9 Å². The second-order valence-electron chi connectivity index (χ2n) is 4.91. The number of nitrogens with one attached hydrogen (secondary N) is 2. The minimum atomic E-state index is -4.02. The number of ether oxygens (including phenoxy) is 2. The smallest absolute Gasteiger partial charge is 0.279 e. The summed E-state index contributed by atoms with van der Waals surface area (Å²) >= 11 is 0. The van der Waals surface area contributed by atoms with E-state index in [4.69, 9.17) is 9.47 Å². The third-order valence-corrected chi connectivity index (χ3v) is 4.50. The number of benzene rings is 2. The highest BCUT2D eigenvalue weighted by molar-refractivity contribution is 7.89. The van der Waals surface area contributed by atoms with Gasteiger partial charge in [-0.05, 0) is 36.4 Å². The normalized spacial score (nSPS) is 16.5. The number of amides is 1. The summed E-state index contributed by atoms with van der Waals surface area (Å²) in [6, 6.07) is 11.0. The second kappa shape index (κ2) is 6.46. The van der Waals surface area contributed by atoms with Crippen LogP contribution in [-0.4, -0.2) is 27.0 Å². The van der Waals surface area contributed by atoms with Gasteiger partial charge in [0.05, 0.1) is 4.90 Å². The molecule has 2 aromatic rings. The molecule has 2 aromatic carbocycles. The highest BCUT2D eigenvalue weighted by atomic mass is 32.2. The summed E-state index contributed by atoms with van der Waals surface area (Å²) in [6.45, 7) is -0.0544. The first-order valence-electron chi connectivity index (χ1n) is 6.91. The van der Waals surface area contributed by atoms with Crippen molar-refractivity contribution in [3.63, 3.8) is 0 Å². The first kappa shape index (κ1) is 16.2. The van der Waals surface area contributed by atoms with Gasteiger partial charge < -0.3 is 9.47 Å². The van der Waals surface area contributed by atoms with Crippen molar-refractivity contribution in [2.75, 3.05) is 6.61 Å². The summed E-state index contributed by atoms with van der Waals surface area (Å²) in [6.07, 6.45) is -1.00. The van der Waals surface area contributed by atoms with E-state index in [1.165, 1.54) is 0 Å². The van der Waals surface area contributed by atoms with Gasteiger partial charge in [-0.15, -0.1) is 4.83 Å². The lowest BCUT2D eigenvalue weighted by atomic mass is 10.2. The summed E-state index contributed by atoms with van der Waals surface area (Å²) in [5.41, 5.74) is 2.06. The van der Waals surface area contributed by atoms with E-state index in [0.29, 0.717) is 11.5 Å². The number of hydrazine groups is 1. The number of para-hydroxylation sites is 2. The molecule has 7 nitrogen and oxygen atoms in total. The van der Waals surface area contributed by atoms with Crippen LogP contribution in [0.15, 0.2) is 53.4 Å². The van der Waals surface area contributed by atoms with Gasteiger partial charge >= 0.3 is 0 Å². The van der Waals surface area contributed by atoms with Gasteiger partial charge in [-0.25, -0.2) is 12.8 Å². The van der Waals surface area contributed by atoms with Crippen LogP contribution < -0.4 is 19.7 Å². The molecule has 2 N–H and O–H groups in total. The molecule has 1 amide bonds. The maximum Gasteiger partial charge on any atom is 0.279 e. The molecule has 1 atom stereocenters. The molecule has 9 heteroatoms. The molecule has 24 heavy (non-hydrogen) atoms. The molecule has 0 spiro atoms. The summed E-state index contributed by atoms with van der Waals surface area (Å²) in [7, 11) is -4.02. The largest absolute Gasteiger partial charge is 0.485 e. The van der Waals surface area contributed by atoms with Gasteiger partial charge in [0, 0.05) is 0 Å². The number of hydrogen-bond donors (Lipinski definition) is 2. The van der Waals surface area contributed by atoms with E-state index in [0.717, 1.165) is 24.3 Å². The predicted molar refractivity (Wildman–Crippen MR) is 81.2 cm³/mol. The fourth-order valence-corrected chi connectivity index (χ4v) is 2.87. The van der Waals surface area contributed by atoms with Crippen molar-refractivity contribution in [1.82, 2.24) is 10.3 Å². The number of sulfonamides is 1. The van der Waals surface area contributed by atoms with Gasteiger partial charge in [0.1, 0.15) is 12.4 Å². The van der Waals surface area contributed by atoms with E-state index in [2.05, 4.69) is 5.43 Å². The van der Waals surface area contributed by atoms with Crippen LogP contribution in [0.2, 0.25) is 0 Å². The number of carbonyl (C=O) groups is 1. The number of rotatable bonds is 4. The molecule has 0 aromatic heterocycles. The molecule has 1 aliphatic heterocycles. The maximum atomic E-state index is 12.8. The Labute approximate surface area is 137 Å². The van der Waals surface area contributed by atoms with Crippen LogP contribution in [0.5, 0.6) is 11.5 Å². The Kier molecular flexibility index (Phi) is 4.36. The number of hydrogen-bond acceptors (Lipinski definition) is 5. The van der Waals surface area contributed by atoms with Crippen molar-refractivity contribution < 1.29 is 27.1 Å². The third-order valence-electron chi connectivity index (χ3n) is 3.23. The molecule has 3 rings (SSSR count). The van der Waals surface area contributed by atoms with E-state index in [9.17, 15) is 17.6 Å². The van der Waals surface area contributed by atoms with Crippen LogP contribution in [0.25, 0.3) is 0 Å². The molecule has 0 unspecified atom stereocenters. The molecule has 1 aliphatic rings. The molecule has 0 aliphatic carbocycles. The zero-order valence-corrected chi connectivity index (χ0v) is 13.0. The Morgan fingerprint density at radius 2 is 1.75 bits per heavy atom. The van der Waals surface area contributed by atoms with Crippen molar-refractivity contribution in [3.05, 3.63) is 54.3 Å². The summed E-state index contributed by atoms with van der Waals surface area (Å²) in [4.78, 5) is 13.8. The number of fused-ring (bicyclic) bond motifs is 1. The van der Waals surface area contributed by atoms with Crippen LogP contribution >= 0.6 is 0 Å². The highest BCUT2D eigenvalue weighted by Crippen LogP contribution is 2.30. The summed E-state index contributed by atoms with van der Waals surface area (Å²) < 4.78 is 47.7. The van der Waals surface area contributed by atoms with Gasteiger partial charge in [0.25, 0.3) is 15.9 Å². The van der Waals surface area contributed by atoms with Crippen LogP contribution in [0.3, 0.4) is 0 Å². The average molecular weight is 352 g/mol. The van der Waals surface area contributed by atoms with Gasteiger partial charge in [0.15, 0.2) is 11.5 Å². The number of carbonyl (C=O) groups excluding carboxylic acids is 1. The van der Waals surface area contributed by atoms with E-state index >= 15 is 0 Å². The number of halogens is 1. The van der Waals surface area contributed by atoms with Crippen LogP contribution in [-0.2, 0) is 14.8 Å². The zero-order chi connectivity index (χ0) is 17.2. The second-order valence-corrected chi connectivity index (χ2v) is 6.60. The molecule has 0 radical (unpaired) electrons. The Bertz CT molecular complexity index is 854. The molecular formula is C15H13FN2O5S. The van der Waals surface area contributed by atoms with Crippen molar-refractivity contribution in [1.29, 1.82) is 0 Å². The van der Waals surface area contributed by atoms with Crippen LogP contribution in [0, 0.1) is 5.82 Å². The van der Waals surface area contributed by atoms with Crippen molar-refractivity contribution in [2.24, 2.45) is 0 Å². The Balaban J connectivity index is 1.63. The SMILES string of the molecule is O=C(NNS(=O)(=O)c1ccc(F)cc1)[C@@H]1COc2ccccc2O1. The molecule has 0 saturated carbocycles. The third kappa shape index (κ3) is 3.47. The van der Waals surface area contributed by atoms with Crippen molar-refractivity contribution in [2.45, 2.75) is 11.0 Å². The van der Waals surface area contributed by atoms with E-state index < -0.39 is 27.9 Å². The molecule has 1 heterocycles. The molecule has 0 bridgehead atoms. The minimum absolute atomic E-state index is 0.0544. The first-order chi connectivity index (χ1) is 11.5. The van der Waals surface area contributed by atoms with Crippen molar-refractivity contribution in [3.8, 4) is 11.5 Å². The summed E-state index contributed by atoms with van der Waals surface area (Å²) in [5, 5.41) is 0. The Morgan fingerprint density at radius 1 is 1.08 bits per heavy atom. The standard InChI is InChI=1S/C15H13FN2O5S/c16-10-5-7-11(8-6-10)24(20,21)18-17-15(19)14-9-22-12-3-1-2-4-13(12)23-14/h1-8,14,18H,9H2,(H,17,19)/t14-/m0/s1. The van der Waals surface area contributed by atoms with Crippen LogP contribution in [0.4, 0.5) is 4.39 Å². The predicted octanol–water partition coefficient (Wildman–Crippen LogP) is 0.975.